The van der Waals surface area contributed by atoms with Crippen LogP contribution >= 0.6 is 23.2 Å². The lowest BCUT2D eigenvalue weighted by Crippen LogP contribution is -2.21. The molecule has 29 heavy (non-hydrogen) atoms. The summed E-state index contributed by atoms with van der Waals surface area (Å²) < 4.78 is 5.77. The van der Waals surface area contributed by atoms with E-state index in [1.807, 2.05) is 42.5 Å². The maximum atomic E-state index is 12.1. The molecule has 0 fully saturated rings. The minimum atomic E-state index is -0.183. The summed E-state index contributed by atoms with van der Waals surface area (Å²) in [5.74, 6) is 0.595. The van der Waals surface area contributed by atoms with Crippen molar-refractivity contribution in [1.82, 2.24) is 0 Å². The van der Waals surface area contributed by atoms with Gasteiger partial charge >= 0.3 is 0 Å². The van der Waals surface area contributed by atoms with E-state index in [4.69, 9.17) is 27.9 Å². The number of amides is 1. The number of carbonyl (C=O) groups is 1. The zero-order valence-electron chi connectivity index (χ0n) is 15.8. The first-order valence-electron chi connectivity index (χ1n) is 9.36. The van der Waals surface area contributed by atoms with Gasteiger partial charge in [-0.3, -0.25) is 4.79 Å². The van der Waals surface area contributed by atoms with Gasteiger partial charge in [0.25, 0.3) is 0 Å². The molecule has 0 aliphatic heterocycles. The zero-order valence-corrected chi connectivity index (χ0v) is 17.3. The van der Waals surface area contributed by atoms with E-state index in [1.165, 1.54) is 5.56 Å². The third-order valence-corrected chi connectivity index (χ3v) is 5.07. The molecule has 0 saturated heterocycles. The topological polar surface area (TPSA) is 50.4 Å². The Kier molecular flexibility index (Phi) is 7.79. The summed E-state index contributed by atoms with van der Waals surface area (Å²) in [5.41, 5.74) is 2.63. The van der Waals surface area contributed by atoms with E-state index in [9.17, 15) is 4.79 Å². The second-order valence-corrected chi connectivity index (χ2v) is 7.25. The number of ether oxygens (including phenoxy) is 1. The molecular formula is C23H22Cl2N2O2. The summed E-state index contributed by atoms with van der Waals surface area (Å²) in [6, 6.07) is 22.9. The van der Waals surface area contributed by atoms with E-state index in [0.717, 1.165) is 18.6 Å². The molecule has 0 unspecified atom stereocenters. The van der Waals surface area contributed by atoms with Gasteiger partial charge in [0.15, 0.2) is 0 Å². The number of benzene rings is 3. The fourth-order valence-electron chi connectivity index (χ4n) is 2.77. The second kappa shape index (κ2) is 10.7. The van der Waals surface area contributed by atoms with Crippen LogP contribution in [0.25, 0.3) is 0 Å². The lowest BCUT2D eigenvalue weighted by Gasteiger charge is -2.11. The van der Waals surface area contributed by atoms with Crippen molar-refractivity contribution in [3.63, 3.8) is 0 Å². The Morgan fingerprint density at radius 1 is 0.897 bits per heavy atom. The van der Waals surface area contributed by atoms with Crippen LogP contribution in [-0.2, 0) is 11.2 Å². The maximum Gasteiger partial charge on any atom is 0.243 e. The van der Waals surface area contributed by atoms with Gasteiger partial charge in [-0.2, -0.15) is 0 Å². The van der Waals surface area contributed by atoms with E-state index in [1.54, 1.807) is 18.2 Å². The summed E-state index contributed by atoms with van der Waals surface area (Å²) in [4.78, 5) is 12.1. The van der Waals surface area contributed by atoms with E-state index in [2.05, 4.69) is 22.8 Å². The van der Waals surface area contributed by atoms with Crippen molar-refractivity contribution in [3.05, 3.63) is 88.4 Å². The maximum absolute atomic E-state index is 12.1. The largest absolute Gasteiger partial charge is 0.494 e. The highest BCUT2D eigenvalue weighted by Gasteiger charge is 2.07. The molecule has 3 aromatic carbocycles. The number of halogens is 2. The lowest BCUT2D eigenvalue weighted by atomic mass is 10.1. The highest BCUT2D eigenvalue weighted by Crippen LogP contribution is 2.29. The lowest BCUT2D eigenvalue weighted by molar-refractivity contribution is -0.114. The highest BCUT2D eigenvalue weighted by atomic mass is 35.5. The number of anilines is 2. The number of hydrogen-bond donors (Lipinski definition) is 2. The van der Waals surface area contributed by atoms with Crippen molar-refractivity contribution in [2.24, 2.45) is 0 Å². The molecule has 4 nitrogen and oxygen atoms in total. The van der Waals surface area contributed by atoms with Crippen molar-refractivity contribution < 1.29 is 9.53 Å². The van der Waals surface area contributed by atoms with E-state index >= 15 is 0 Å². The Morgan fingerprint density at radius 3 is 2.41 bits per heavy atom. The molecule has 0 heterocycles. The van der Waals surface area contributed by atoms with Crippen molar-refractivity contribution >= 4 is 40.5 Å². The molecule has 3 aromatic rings. The first kappa shape index (κ1) is 21.0. The first-order valence-corrected chi connectivity index (χ1v) is 10.1. The molecule has 150 valence electrons. The summed E-state index contributed by atoms with van der Waals surface area (Å²) in [6.45, 7) is 0.725. The quantitative estimate of drug-likeness (QED) is 0.407. The molecule has 0 aliphatic carbocycles. The molecule has 3 rings (SSSR count). The van der Waals surface area contributed by atoms with Gasteiger partial charge in [0.05, 0.1) is 28.9 Å². The number of rotatable bonds is 9. The fourth-order valence-corrected chi connectivity index (χ4v) is 3.13. The minimum Gasteiger partial charge on any atom is -0.494 e. The third kappa shape index (κ3) is 6.70. The van der Waals surface area contributed by atoms with Crippen LogP contribution in [0.15, 0.2) is 72.8 Å². The summed E-state index contributed by atoms with van der Waals surface area (Å²) >= 11 is 12.1. The van der Waals surface area contributed by atoms with Gasteiger partial charge in [0.1, 0.15) is 5.75 Å². The molecule has 1 amide bonds. The van der Waals surface area contributed by atoms with E-state index in [-0.39, 0.29) is 12.5 Å². The molecule has 6 heteroatoms. The second-order valence-electron chi connectivity index (χ2n) is 6.47. The Balaban J connectivity index is 1.40. The monoisotopic (exact) mass is 428 g/mol. The predicted molar refractivity (Wildman–Crippen MR) is 120 cm³/mol. The van der Waals surface area contributed by atoms with Gasteiger partial charge in [-0.1, -0.05) is 59.6 Å². The first-order chi connectivity index (χ1) is 14.1. The highest BCUT2D eigenvalue weighted by molar-refractivity contribution is 6.43. The van der Waals surface area contributed by atoms with Gasteiger partial charge in [-0.15, -0.1) is 0 Å². The number of aryl methyl sites for hydroxylation is 1. The minimum absolute atomic E-state index is 0.0812. The predicted octanol–water partition coefficient (Wildman–Crippen LogP) is 6.06. The van der Waals surface area contributed by atoms with Crippen molar-refractivity contribution in [3.8, 4) is 5.75 Å². The van der Waals surface area contributed by atoms with Crippen LogP contribution in [0.5, 0.6) is 5.75 Å². The van der Waals surface area contributed by atoms with Gasteiger partial charge < -0.3 is 15.4 Å². The van der Waals surface area contributed by atoms with Crippen LogP contribution in [0.3, 0.4) is 0 Å². The van der Waals surface area contributed by atoms with Gasteiger partial charge in [0.2, 0.25) is 5.91 Å². The normalized spacial score (nSPS) is 10.4. The Bertz CT molecular complexity index is 931. The van der Waals surface area contributed by atoms with Crippen LogP contribution in [0.2, 0.25) is 10.0 Å². The Hall–Kier alpha value is -2.69. The zero-order chi connectivity index (χ0) is 20.5. The van der Waals surface area contributed by atoms with Gasteiger partial charge in [0, 0.05) is 5.69 Å². The summed E-state index contributed by atoms with van der Waals surface area (Å²) in [7, 11) is 0. The van der Waals surface area contributed by atoms with Crippen LogP contribution in [0.1, 0.15) is 12.0 Å². The average Bonchev–Trinajstić information content (AvgIpc) is 2.74. The number of hydrogen-bond acceptors (Lipinski definition) is 3. The molecule has 0 radical (unpaired) electrons. The fraction of sp³-hybridized carbons (Fsp3) is 0.174. The van der Waals surface area contributed by atoms with Gasteiger partial charge in [-0.25, -0.2) is 0 Å². The molecule has 2 N–H and O–H groups in total. The molecule has 0 spiro atoms. The third-order valence-electron chi connectivity index (χ3n) is 4.25. The van der Waals surface area contributed by atoms with Crippen molar-refractivity contribution in [2.45, 2.75) is 12.8 Å². The van der Waals surface area contributed by atoms with Crippen molar-refractivity contribution in [2.75, 3.05) is 23.8 Å². The van der Waals surface area contributed by atoms with Crippen LogP contribution < -0.4 is 15.4 Å². The molecule has 0 saturated carbocycles. The smallest absolute Gasteiger partial charge is 0.243 e. The summed E-state index contributed by atoms with van der Waals surface area (Å²) in [6.07, 6.45) is 1.93. The number of nitrogens with one attached hydrogen (secondary N) is 2. The summed E-state index contributed by atoms with van der Waals surface area (Å²) in [5, 5.41) is 6.65. The van der Waals surface area contributed by atoms with Crippen molar-refractivity contribution in [1.29, 1.82) is 0 Å². The SMILES string of the molecule is O=C(CNc1cccc(Cl)c1Cl)Nc1ccc(OCCCc2ccccc2)cc1. The molecule has 0 atom stereocenters. The van der Waals surface area contributed by atoms with E-state index < -0.39 is 0 Å². The van der Waals surface area contributed by atoms with E-state index in [0.29, 0.717) is 28.0 Å². The standard InChI is InChI=1S/C23H22Cl2N2O2/c24-20-9-4-10-21(23(20)25)26-16-22(28)27-18-11-13-19(14-12-18)29-15-5-8-17-6-2-1-3-7-17/h1-4,6-7,9-14,26H,5,8,15-16H2,(H,27,28). The number of carbonyl (C=O) groups excluding carboxylic acids is 1. The average molecular weight is 429 g/mol. The van der Waals surface area contributed by atoms with Gasteiger partial charge in [-0.05, 0) is 54.8 Å². The molecule has 0 aliphatic rings. The van der Waals surface area contributed by atoms with Crippen LogP contribution in [-0.4, -0.2) is 19.1 Å². The Labute approximate surface area is 180 Å². The Morgan fingerprint density at radius 2 is 1.66 bits per heavy atom. The molecule has 0 bridgehead atoms. The molecular weight excluding hydrogens is 407 g/mol. The molecule has 0 aromatic heterocycles. The van der Waals surface area contributed by atoms with Crippen LogP contribution in [0, 0.1) is 0 Å². The van der Waals surface area contributed by atoms with Crippen LogP contribution in [0.4, 0.5) is 11.4 Å².